The first-order chi connectivity index (χ1) is 9.44. The average molecular weight is 300 g/mol. The molecule has 112 valence electrons. The van der Waals surface area contributed by atoms with Gasteiger partial charge in [-0.05, 0) is 43.4 Å². The van der Waals surface area contributed by atoms with Crippen LogP contribution in [0.5, 0.6) is 0 Å². The number of benzene rings is 1. The number of rotatable bonds is 5. The van der Waals surface area contributed by atoms with Crippen LogP contribution >= 0.6 is 0 Å². The maximum atomic E-state index is 13.8. The molecule has 0 heterocycles. The van der Waals surface area contributed by atoms with E-state index in [4.69, 9.17) is 5.73 Å². The van der Waals surface area contributed by atoms with Gasteiger partial charge in [0, 0.05) is 12.6 Å². The Bertz CT molecular complexity index is 569. The molecule has 1 aromatic rings. The van der Waals surface area contributed by atoms with Crippen molar-refractivity contribution in [1.82, 2.24) is 4.72 Å². The summed E-state index contributed by atoms with van der Waals surface area (Å²) in [5.41, 5.74) is 6.37. The van der Waals surface area contributed by atoms with Gasteiger partial charge in [0.15, 0.2) is 0 Å². The van der Waals surface area contributed by atoms with Crippen LogP contribution in [0.1, 0.15) is 31.2 Å². The highest BCUT2D eigenvalue weighted by Gasteiger charge is 2.29. The first-order valence-corrected chi connectivity index (χ1v) is 8.41. The zero-order chi connectivity index (χ0) is 14.8. The predicted molar refractivity (Wildman–Crippen MR) is 76.3 cm³/mol. The van der Waals surface area contributed by atoms with Crippen LogP contribution in [-0.2, 0) is 10.0 Å². The van der Waals surface area contributed by atoms with Crippen LogP contribution in [-0.4, -0.2) is 21.0 Å². The maximum absolute atomic E-state index is 13.8. The maximum Gasteiger partial charge on any atom is 0.243 e. The van der Waals surface area contributed by atoms with Crippen LogP contribution in [0.25, 0.3) is 0 Å². The minimum Gasteiger partial charge on any atom is -0.329 e. The summed E-state index contributed by atoms with van der Waals surface area (Å²) in [4.78, 5) is -0.306. The van der Waals surface area contributed by atoms with Gasteiger partial charge in [0.25, 0.3) is 0 Å². The highest BCUT2D eigenvalue weighted by molar-refractivity contribution is 7.89. The Kier molecular flexibility index (Phi) is 4.78. The van der Waals surface area contributed by atoms with Gasteiger partial charge >= 0.3 is 0 Å². The molecule has 20 heavy (non-hydrogen) atoms. The molecule has 2 rings (SSSR count). The molecule has 0 spiro atoms. The van der Waals surface area contributed by atoms with Gasteiger partial charge in [-0.3, -0.25) is 0 Å². The number of sulfonamides is 1. The molecule has 4 nitrogen and oxygen atoms in total. The van der Waals surface area contributed by atoms with Gasteiger partial charge in [-0.25, -0.2) is 17.5 Å². The molecule has 1 aromatic carbocycles. The molecule has 0 bridgehead atoms. The van der Waals surface area contributed by atoms with Crippen molar-refractivity contribution in [2.75, 3.05) is 6.54 Å². The summed E-state index contributed by atoms with van der Waals surface area (Å²) in [6, 6.07) is 3.80. The second-order valence-corrected chi connectivity index (χ2v) is 7.12. The van der Waals surface area contributed by atoms with Crippen molar-refractivity contribution in [3.8, 4) is 0 Å². The molecular weight excluding hydrogens is 279 g/mol. The van der Waals surface area contributed by atoms with Gasteiger partial charge in [-0.1, -0.05) is 18.9 Å². The van der Waals surface area contributed by atoms with Crippen molar-refractivity contribution in [1.29, 1.82) is 0 Å². The molecule has 1 saturated carbocycles. The SMILES string of the molecule is Cc1ccc(S(=O)(=O)NC(CN)C2CCCC2)c(F)c1. The quantitative estimate of drug-likeness (QED) is 0.873. The van der Waals surface area contributed by atoms with Crippen molar-refractivity contribution >= 4 is 10.0 Å². The number of hydrogen-bond acceptors (Lipinski definition) is 3. The van der Waals surface area contributed by atoms with E-state index in [9.17, 15) is 12.8 Å². The fourth-order valence-corrected chi connectivity index (χ4v) is 4.16. The smallest absolute Gasteiger partial charge is 0.243 e. The summed E-state index contributed by atoms with van der Waals surface area (Å²) in [6.45, 7) is 1.95. The second-order valence-electron chi connectivity index (χ2n) is 5.44. The van der Waals surface area contributed by atoms with E-state index in [0.29, 0.717) is 5.56 Å². The Hall–Kier alpha value is -0.980. The number of aryl methyl sites for hydroxylation is 1. The number of halogens is 1. The van der Waals surface area contributed by atoms with Gasteiger partial charge in [-0.15, -0.1) is 0 Å². The molecule has 1 atom stereocenters. The topological polar surface area (TPSA) is 72.2 Å². The molecule has 1 aliphatic carbocycles. The monoisotopic (exact) mass is 300 g/mol. The normalized spacial score (nSPS) is 18.4. The van der Waals surface area contributed by atoms with Gasteiger partial charge in [0.1, 0.15) is 10.7 Å². The van der Waals surface area contributed by atoms with Crippen LogP contribution in [0, 0.1) is 18.7 Å². The summed E-state index contributed by atoms with van der Waals surface area (Å²) in [5, 5.41) is 0. The Morgan fingerprint density at radius 1 is 1.40 bits per heavy atom. The van der Waals surface area contributed by atoms with Crippen molar-refractivity contribution in [3.05, 3.63) is 29.6 Å². The third-order valence-corrected chi connectivity index (χ3v) is 5.43. The highest BCUT2D eigenvalue weighted by Crippen LogP contribution is 2.28. The standard InChI is InChI=1S/C14H21FN2O2S/c1-10-6-7-14(12(15)8-10)20(18,19)17-13(9-16)11-4-2-3-5-11/h6-8,11,13,17H,2-5,9,16H2,1H3. The predicted octanol–water partition coefficient (Wildman–Crippen LogP) is 1.93. The molecule has 0 amide bonds. The minimum atomic E-state index is -3.86. The van der Waals surface area contributed by atoms with Crippen LogP contribution in [0.15, 0.2) is 23.1 Å². The van der Waals surface area contributed by atoms with Gasteiger partial charge in [0.05, 0.1) is 0 Å². The Morgan fingerprint density at radius 2 is 2.05 bits per heavy atom. The lowest BCUT2D eigenvalue weighted by atomic mass is 9.99. The molecule has 0 radical (unpaired) electrons. The molecule has 0 aliphatic heterocycles. The molecule has 1 fully saturated rings. The zero-order valence-corrected chi connectivity index (χ0v) is 12.4. The highest BCUT2D eigenvalue weighted by atomic mass is 32.2. The van der Waals surface area contributed by atoms with E-state index in [1.54, 1.807) is 13.0 Å². The van der Waals surface area contributed by atoms with E-state index in [0.717, 1.165) is 25.7 Å². The van der Waals surface area contributed by atoms with E-state index in [-0.39, 0.29) is 23.4 Å². The Labute approximate surface area is 119 Å². The van der Waals surface area contributed by atoms with E-state index in [1.807, 2.05) is 0 Å². The van der Waals surface area contributed by atoms with Crippen molar-refractivity contribution in [3.63, 3.8) is 0 Å². The van der Waals surface area contributed by atoms with E-state index in [1.165, 1.54) is 12.1 Å². The van der Waals surface area contributed by atoms with Crippen LogP contribution in [0.3, 0.4) is 0 Å². The van der Waals surface area contributed by atoms with Gasteiger partial charge < -0.3 is 5.73 Å². The summed E-state index contributed by atoms with van der Waals surface area (Å²) in [5.74, 6) is -0.469. The number of nitrogens with two attached hydrogens (primary N) is 1. The number of hydrogen-bond donors (Lipinski definition) is 2. The molecular formula is C14H21FN2O2S. The van der Waals surface area contributed by atoms with Gasteiger partial charge in [0.2, 0.25) is 10.0 Å². The van der Waals surface area contributed by atoms with Crippen LogP contribution in [0.2, 0.25) is 0 Å². The molecule has 6 heteroatoms. The third kappa shape index (κ3) is 3.37. The number of nitrogens with one attached hydrogen (secondary N) is 1. The minimum absolute atomic E-state index is 0.234. The fourth-order valence-electron chi connectivity index (χ4n) is 2.78. The second kappa shape index (κ2) is 6.20. The molecule has 1 aliphatic rings. The molecule has 1 unspecified atom stereocenters. The third-order valence-electron chi connectivity index (χ3n) is 3.91. The lowest BCUT2D eigenvalue weighted by Crippen LogP contribution is -2.44. The van der Waals surface area contributed by atoms with Gasteiger partial charge in [-0.2, -0.15) is 0 Å². The summed E-state index contributed by atoms with van der Waals surface area (Å²) < 4.78 is 41.0. The fraction of sp³-hybridized carbons (Fsp3) is 0.571. The van der Waals surface area contributed by atoms with E-state index in [2.05, 4.69) is 4.72 Å². The van der Waals surface area contributed by atoms with Crippen molar-refractivity contribution in [2.45, 2.75) is 43.5 Å². The summed E-state index contributed by atoms with van der Waals surface area (Å²) in [6.07, 6.45) is 4.14. The van der Waals surface area contributed by atoms with E-state index >= 15 is 0 Å². The van der Waals surface area contributed by atoms with Crippen LogP contribution in [0.4, 0.5) is 4.39 Å². The lowest BCUT2D eigenvalue weighted by molar-refractivity contribution is 0.404. The summed E-state index contributed by atoms with van der Waals surface area (Å²) >= 11 is 0. The first kappa shape index (κ1) is 15.4. The zero-order valence-electron chi connectivity index (χ0n) is 11.6. The van der Waals surface area contributed by atoms with Crippen molar-refractivity contribution < 1.29 is 12.8 Å². The van der Waals surface area contributed by atoms with Crippen molar-refractivity contribution in [2.24, 2.45) is 11.7 Å². The Morgan fingerprint density at radius 3 is 2.60 bits per heavy atom. The Balaban J connectivity index is 2.21. The van der Waals surface area contributed by atoms with E-state index < -0.39 is 15.8 Å². The molecule has 0 aromatic heterocycles. The molecule has 3 N–H and O–H groups in total. The lowest BCUT2D eigenvalue weighted by Gasteiger charge is -2.23. The summed E-state index contributed by atoms with van der Waals surface area (Å²) in [7, 11) is -3.86. The first-order valence-electron chi connectivity index (χ1n) is 6.92. The van der Waals surface area contributed by atoms with Crippen LogP contribution < -0.4 is 10.5 Å². The molecule has 0 saturated heterocycles. The average Bonchev–Trinajstić information content (AvgIpc) is 2.89. The largest absolute Gasteiger partial charge is 0.329 e.